The molecule has 1 aromatic rings. The molecule has 1 fully saturated rings. The van der Waals surface area contributed by atoms with E-state index >= 15 is 0 Å². The highest BCUT2D eigenvalue weighted by Crippen LogP contribution is 2.22. The van der Waals surface area contributed by atoms with Crippen molar-refractivity contribution in [1.82, 2.24) is 10.2 Å². The zero-order valence-electron chi connectivity index (χ0n) is 8.78. The van der Waals surface area contributed by atoms with E-state index in [1.165, 1.54) is 4.88 Å². The van der Waals surface area contributed by atoms with Crippen molar-refractivity contribution in [2.45, 2.75) is 12.6 Å². The van der Waals surface area contributed by atoms with Crippen molar-refractivity contribution in [2.75, 3.05) is 19.6 Å². The van der Waals surface area contributed by atoms with E-state index < -0.39 is 0 Å². The minimum absolute atomic E-state index is 0.186. The molecule has 0 radical (unpaired) electrons. The van der Waals surface area contributed by atoms with Crippen molar-refractivity contribution in [2.24, 2.45) is 5.73 Å². The molecule has 1 unspecified atom stereocenters. The summed E-state index contributed by atoms with van der Waals surface area (Å²) >= 11 is 5.12. The third-order valence-electron chi connectivity index (χ3n) is 2.66. The van der Waals surface area contributed by atoms with E-state index in [2.05, 4.69) is 37.6 Å². The third kappa shape index (κ3) is 2.82. The Labute approximate surface area is 107 Å². The van der Waals surface area contributed by atoms with Gasteiger partial charge in [-0.05, 0) is 22.0 Å². The maximum absolute atomic E-state index is 11.3. The van der Waals surface area contributed by atoms with Gasteiger partial charge in [0.25, 0.3) is 0 Å². The molecule has 16 heavy (non-hydrogen) atoms. The van der Waals surface area contributed by atoms with E-state index in [0.29, 0.717) is 6.54 Å². The molecule has 0 saturated carbocycles. The van der Waals surface area contributed by atoms with Crippen molar-refractivity contribution in [3.05, 3.63) is 20.8 Å². The van der Waals surface area contributed by atoms with Crippen LogP contribution in [0.5, 0.6) is 0 Å². The van der Waals surface area contributed by atoms with Gasteiger partial charge in [0.2, 0.25) is 5.91 Å². The molecule has 88 valence electrons. The van der Waals surface area contributed by atoms with Gasteiger partial charge in [0.15, 0.2) is 0 Å². The first-order valence-electron chi connectivity index (χ1n) is 5.14. The molecule has 2 heterocycles. The fraction of sp³-hybridized carbons (Fsp3) is 0.500. The summed E-state index contributed by atoms with van der Waals surface area (Å²) in [5, 5.41) is 5.24. The van der Waals surface area contributed by atoms with Gasteiger partial charge in [0, 0.05) is 40.9 Å². The van der Waals surface area contributed by atoms with E-state index in [-0.39, 0.29) is 11.9 Å². The summed E-state index contributed by atoms with van der Waals surface area (Å²) in [6.07, 6.45) is 0. The fourth-order valence-corrected chi connectivity index (χ4v) is 3.33. The zero-order valence-corrected chi connectivity index (χ0v) is 11.2. The molecule has 1 aliphatic rings. The van der Waals surface area contributed by atoms with Crippen LogP contribution in [-0.4, -0.2) is 36.5 Å². The molecule has 0 spiro atoms. The van der Waals surface area contributed by atoms with Crippen molar-refractivity contribution >= 4 is 33.2 Å². The second-order valence-electron chi connectivity index (χ2n) is 3.82. The van der Waals surface area contributed by atoms with Crippen molar-refractivity contribution < 1.29 is 4.79 Å². The molecule has 1 atom stereocenters. The first-order valence-corrected chi connectivity index (χ1v) is 6.81. The number of halogens is 1. The molecule has 3 N–H and O–H groups in total. The van der Waals surface area contributed by atoms with Gasteiger partial charge in [0.1, 0.15) is 6.04 Å². The summed E-state index contributed by atoms with van der Waals surface area (Å²) < 4.78 is 1.10. The Bertz CT molecular complexity index is 382. The number of thiophene rings is 1. The molecule has 2 rings (SSSR count). The SMILES string of the molecule is NC(=O)C1CNCCN1Cc1cc(Br)cs1. The Hall–Kier alpha value is -0.430. The predicted molar refractivity (Wildman–Crippen MR) is 68.3 cm³/mol. The van der Waals surface area contributed by atoms with Gasteiger partial charge < -0.3 is 11.1 Å². The van der Waals surface area contributed by atoms with E-state index in [1.807, 2.05) is 0 Å². The third-order valence-corrected chi connectivity index (χ3v) is 4.35. The van der Waals surface area contributed by atoms with E-state index in [1.54, 1.807) is 11.3 Å². The number of carbonyl (C=O) groups is 1. The molecule has 1 saturated heterocycles. The highest BCUT2D eigenvalue weighted by Gasteiger charge is 2.26. The molecular formula is C10H14BrN3OS. The van der Waals surface area contributed by atoms with Crippen LogP contribution in [-0.2, 0) is 11.3 Å². The van der Waals surface area contributed by atoms with Crippen molar-refractivity contribution in [3.8, 4) is 0 Å². The smallest absolute Gasteiger partial charge is 0.236 e. The molecule has 6 heteroatoms. The van der Waals surface area contributed by atoms with Crippen LogP contribution in [0, 0.1) is 0 Å². The van der Waals surface area contributed by atoms with Crippen LogP contribution in [0.25, 0.3) is 0 Å². The van der Waals surface area contributed by atoms with Gasteiger partial charge in [-0.3, -0.25) is 9.69 Å². The average Bonchev–Trinajstić information content (AvgIpc) is 2.64. The highest BCUT2D eigenvalue weighted by atomic mass is 79.9. The molecule has 0 bridgehead atoms. The number of nitrogens with zero attached hydrogens (tertiary/aromatic N) is 1. The first-order chi connectivity index (χ1) is 7.66. The van der Waals surface area contributed by atoms with Crippen molar-refractivity contribution in [1.29, 1.82) is 0 Å². The van der Waals surface area contributed by atoms with Gasteiger partial charge >= 0.3 is 0 Å². The normalized spacial score (nSPS) is 22.2. The minimum atomic E-state index is -0.247. The van der Waals surface area contributed by atoms with Gasteiger partial charge in [-0.2, -0.15) is 0 Å². The van der Waals surface area contributed by atoms with Crippen LogP contribution in [0.2, 0.25) is 0 Å². The topological polar surface area (TPSA) is 58.4 Å². The van der Waals surface area contributed by atoms with Crippen LogP contribution < -0.4 is 11.1 Å². The Kier molecular flexibility index (Phi) is 3.96. The zero-order chi connectivity index (χ0) is 11.5. The summed E-state index contributed by atoms with van der Waals surface area (Å²) in [6, 6.07) is 1.90. The van der Waals surface area contributed by atoms with E-state index in [9.17, 15) is 4.79 Å². The second kappa shape index (κ2) is 5.27. The van der Waals surface area contributed by atoms with Crippen LogP contribution in [0.1, 0.15) is 4.88 Å². The van der Waals surface area contributed by atoms with Gasteiger partial charge in [-0.1, -0.05) is 0 Å². The summed E-state index contributed by atoms with van der Waals surface area (Å²) in [4.78, 5) is 14.7. The number of hydrogen-bond acceptors (Lipinski definition) is 4. The van der Waals surface area contributed by atoms with Crippen LogP contribution in [0.4, 0.5) is 0 Å². The summed E-state index contributed by atoms with van der Waals surface area (Å²) in [6.45, 7) is 3.23. The molecule has 0 aliphatic carbocycles. The Morgan fingerprint density at radius 3 is 3.19 bits per heavy atom. The van der Waals surface area contributed by atoms with Gasteiger partial charge in [-0.15, -0.1) is 11.3 Å². The van der Waals surface area contributed by atoms with Crippen LogP contribution in [0.15, 0.2) is 15.9 Å². The molecule has 1 aromatic heterocycles. The van der Waals surface area contributed by atoms with Crippen LogP contribution in [0.3, 0.4) is 0 Å². The largest absolute Gasteiger partial charge is 0.368 e. The first kappa shape index (κ1) is 12.0. The highest BCUT2D eigenvalue weighted by molar-refractivity contribution is 9.10. The minimum Gasteiger partial charge on any atom is -0.368 e. The number of rotatable bonds is 3. The number of hydrogen-bond donors (Lipinski definition) is 2. The lowest BCUT2D eigenvalue weighted by Gasteiger charge is -2.33. The number of amides is 1. The van der Waals surface area contributed by atoms with E-state index in [4.69, 9.17) is 5.73 Å². The number of carbonyl (C=O) groups excluding carboxylic acids is 1. The van der Waals surface area contributed by atoms with Crippen molar-refractivity contribution in [3.63, 3.8) is 0 Å². The lowest BCUT2D eigenvalue weighted by Crippen LogP contribution is -2.56. The monoisotopic (exact) mass is 303 g/mol. The number of nitrogens with one attached hydrogen (secondary N) is 1. The Morgan fingerprint density at radius 1 is 1.75 bits per heavy atom. The Balaban J connectivity index is 2.03. The molecule has 1 aliphatic heterocycles. The summed E-state index contributed by atoms with van der Waals surface area (Å²) in [7, 11) is 0. The summed E-state index contributed by atoms with van der Waals surface area (Å²) in [5.74, 6) is -0.247. The van der Waals surface area contributed by atoms with Crippen LogP contribution >= 0.6 is 27.3 Å². The summed E-state index contributed by atoms with van der Waals surface area (Å²) in [5.41, 5.74) is 5.39. The predicted octanol–water partition coefficient (Wildman–Crippen LogP) is 0.770. The number of piperazine rings is 1. The molecule has 0 aromatic carbocycles. The molecule has 1 amide bonds. The lowest BCUT2D eigenvalue weighted by atomic mass is 10.2. The molecule has 4 nitrogen and oxygen atoms in total. The molecular weight excluding hydrogens is 290 g/mol. The second-order valence-corrected chi connectivity index (χ2v) is 5.74. The fourth-order valence-electron chi connectivity index (χ4n) is 1.85. The van der Waals surface area contributed by atoms with Gasteiger partial charge in [0.05, 0.1) is 0 Å². The lowest BCUT2D eigenvalue weighted by molar-refractivity contribution is -0.124. The number of nitrogens with two attached hydrogens (primary N) is 1. The quantitative estimate of drug-likeness (QED) is 0.867. The standard InChI is InChI=1S/C10H14BrN3OS/c11-7-3-8(16-6-7)5-14-2-1-13-4-9(14)10(12)15/h3,6,9,13H,1-2,4-5H2,(H2,12,15). The maximum Gasteiger partial charge on any atom is 0.236 e. The van der Waals surface area contributed by atoms with E-state index in [0.717, 1.165) is 24.1 Å². The average molecular weight is 304 g/mol. The maximum atomic E-state index is 11.3. The van der Waals surface area contributed by atoms with Gasteiger partial charge in [-0.25, -0.2) is 0 Å². The Morgan fingerprint density at radius 2 is 2.56 bits per heavy atom. The number of primary amides is 1.